The summed E-state index contributed by atoms with van der Waals surface area (Å²) in [6.07, 6.45) is -0.252. The molecule has 1 unspecified atom stereocenters. The number of carbonyl (C=O) groups excluding carboxylic acids is 2. The summed E-state index contributed by atoms with van der Waals surface area (Å²) >= 11 is 7.36. The third-order valence-corrected chi connectivity index (χ3v) is 4.92. The van der Waals surface area contributed by atoms with Crippen LogP contribution < -0.4 is 0 Å². The van der Waals surface area contributed by atoms with Crippen molar-refractivity contribution < 1.29 is 14.3 Å². The molecule has 2 aliphatic rings. The molecule has 126 valence electrons. The highest BCUT2D eigenvalue weighted by Gasteiger charge is 2.43. The van der Waals surface area contributed by atoms with Crippen LogP contribution in [-0.4, -0.2) is 33.8 Å². The molecule has 1 fully saturated rings. The molecule has 0 aromatic heterocycles. The van der Waals surface area contributed by atoms with Crippen LogP contribution in [0.15, 0.2) is 40.5 Å². The summed E-state index contributed by atoms with van der Waals surface area (Å²) in [4.78, 5) is 31.0. The lowest BCUT2D eigenvalue weighted by Crippen LogP contribution is -2.40. The SMILES string of the molecule is CC1=C(C(=O)OC(C)C)C(c2ccc(Cl)cc2)N2C(=O)CSC2=N1. The number of rotatable bonds is 3. The number of allylic oxidation sites excluding steroid dienone is 1. The first-order valence-corrected chi connectivity index (χ1v) is 8.95. The van der Waals surface area contributed by atoms with Crippen molar-refractivity contribution in [2.45, 2.75) is 32.9 Å². The molecule has 0 saturated carbocycles. The molecule has 0 radical (unpaired) electrons. The van der Waals surface area contributed by atoms with Crippen LogP contribution in [0, 0.1) is 0 Å². The Balaban J connectivity index is 2.11. The first-order chi connectivity index (χ1) is 11.4. The van der Waals surface area contributed by atoms with Gasteiger partial charge in [0.1, 0.15) is 0 Å². The van der Waals surface area contributed by atoms with E-state index in [2.05, 4.69) is 4.99 Å². The fourth-order valence-corrected chi connectivity index (χ4v) is 3.81. The van der Waals surface area contributed by atoms with E-state index < -0.39 is 12.0 Å². The lowest BCUT2D eigenvalue weighted by molar-refractivity contribution is -0.143. The molecule has 2 heterocycles. The Bertz CT molecular complexity index is 756. The molecule has 2 aliphatic heterocycles. The largest absolute Gasteiger partial charge is 0.459 e. The van der Waals surface area contributed by atoms with Crippen molar-refractivity contribution in [2.75, 3.05) is 5.75 Å². The van der Waals surface area contributed by atoms with Crippen molar-refractivity contribution in [1.82, 2.24) is 4.90 Å². The molecule has 0 spiro atoms. The molecular formula is C17H17ClN2O3S. The number of ether oxygens (including phenoxy) is 1. The predicted octanol–water partition coefficient (Wildman–Crippen LogP) is 3.55. The minimum atomic E-state index is -0.538. The van der Waals surface area contributed by atoms with Crippen LogP contribution in [0.4, 0.5) is 0 Å². The van der Waals surface area contributed by atoms with Crippen molar-refractivity contribution >= 4 is 40.4 Å². The van der Waals surface area contributed by atoms with E-state index in [1.807, 2.05) is 12.1 Å². The van der Waals surface area contributed by atoms with E-state index in [0.717, 1.165) is 5.56 Å². The quantitative estimate of drug-likeness (QED) is 0.769. The number of fused-ring (bicyclic) bond motifs is 1. The first-order valence-electron chi connectivity index (χ1n) is 7.59. The highest BCUT2D eigenvalue weighted by Crippen LogP contribution is 2.41. The summed E-state index contributed by atoms with van der Waals surface area (Å²) in [5.74, 6) is -0.195. The van der Waals surface area contributed by atoms with Gasteiger partial charge in [-0.25, -0.2) is 9.79 Å². The number of benzene rings is 1. The summed E-state index contributed by atoms with van der Waals surface area (Å²) in [6.45, 7) is 5.35. The van der Waals surface area contributed by atoms with E-state index in [0.29, 0.717) is 27.2 Å². The van der Waals surface area contributed by atoms with Crippen LogP contribution in [-0.2, 0) is 14.3 Å². The van der Waals surface area contributed by atoms with E-state index in [-0.39, 0.29) is 12.0 Å². The van der Waals surface area contributed by atoms with E-state index in [1.165, 1.54) is 11.8 Å². The Morgan fingerprint density at radius 1 is 1.38 bits per heavy atom. The lowest BCUT2D eigenvalue weighted by Gasteiger charge is -2.33. The zero-order chi connectivity index (χ0) is 17.4. The number of esters is 1. The third kappa shape index (κ3) is 3.08. The molecular weight excluding hydrogens is 348 g/mol. The van der Waals surface area contributed by atoms with Gasteiger partial charge >= 0.3 is 5.97 Å². The van der Waals surface area contributed by atoms with Crippen molar-refractivity contribution in [3.8, 4) is 0 Å². The number of nitrogens with zero attached hydrogens (tertiary/aromatic N) is 2. The maximum Gasteiger partial charge on any atom is 0.338 e. The average Bonchev–Trinajstić information content (AvgIpc) is 2.87. The Morgan fingerprint density at radius 2 is 2.04 bits per heavy atom. The zero-order valence-corrected chi connectivity index (χ0v) is 15.1. The maximum absolute atomic E-state index is 12.6. The monoisotopic (exact) mass is 364 g/mol. The molecule has 1 aromatic rings. The Hall–Kier alpha value is -1.79. The second-order valence-electron chi connectivity index (χ2n) is 5.85. The number of carbonyl (C=O) groups is 2. The van der Waals surface area contributed by atoms with Gasteiger partial charge < -0.3 is 4.74 Å². The predicted molar refractivity (Wildman–Crippen MR) is 94.9 cm³/mol. The normalized spacial score (nSPS) is 20.4. The minimum Gasteiger partial charge on any atom is -0.459 e. The summed E-state index contributed by atoms with van der Waals surface area (Å²) in [5.41, 5.74) is 1.78. The van der Waals surface area contributed by atoms with E-state index in [9.17, 15) is 9.59 Å². The number of aliphatic imine (C=N–C) groups is 1. The molecule has 0 bridgehead atoms. The van der Waals surface area contributed by atoms with Crippen LogP contribution >= 0.6 is 23.4 Å². The third-order valence-electron chi connectivity index (χ3n) is 3.73. The topological polar surface area (TPSA) is 59.0 Å². The minimum absolute atomic E-state index is 0.0685. The smallest absolute Gasteiger partial charge is 0.338 e. The second kappa shape index (κ2) is 6.61. The molecule has 3 rings (SSSR count). The number of hydrogen-bond donors (Lipinski definition) is 0. The van der Waals surface area contributed by atoms with Gasteiger partial charge in [0.25, 0.3) is 0 Å². The molecule has 7 heteroatoms. The standard InChI is InChI=1S/C17H17ClN2O3S/c1-9(2)23-16(22)14-10(3)19-17-20(13(21)8-24-17)15(14)11-4-6-12(18)7-5-11/h4-7,9,15H,8H2,1-3H3. The lowest BCUT2D eigenvalue weighted by atomic mass is 9.94. The molecule has 1 aromatic carbocycles. The van der Waals surface area contributed by atoms with Crippen LogP contribution in [0.3, 0.4) is 0 Å². The molecule has 24 heavy (non-hydrogen) atoms. The van der Waals surface area contributed by atoms with Crippen LogP contribution in [0.1, 0.15) is 32.4 Å². The van der Waals surface area contributed by atoms with Gasteiger partial charge in [-0.2, -0.15) is 0 Å². The summed E-state index contributed by atoms with van der Waals surface area (Å²) in [6, 6.07) is 6.60. The van der Waals surface area contributed by atoms with Crippen molar-refractivity contribution in [1.29, 1.82) is 0 Å². The number of hydrogen-bond acceptors (Lipinski definition) is 5. The van der Waals surface area contributed by atoms with Crippen molar-refractivity contribution in [3.05, 3.63) is 46.1 Å². The Kier molecular flexibility index (Phi) is 4.69. The number of halogens is 1. The van der Waals surface area contributed by atoms with Crippen molar-refractivity contribution in [3.63, 3.8) is 0 Å². The van der Waals surface area contributed by atoms with Gasteiger partial charge in [0.05, 0.1) is 29.2 Å². The van der Waals surface area contributed by atoms with E-state index in [4.69, 9.17) is 16.3 Å². The highest BCUT2D eigenvalue weighted by atomic mass is 35.5. The average molecular weight is 365 g/mol. The van der Waals surface area contributed by atoms with E-state index in [1.54, 1.807) is 37.8 Å². The molecule has 5 nitrogen and oxygen atoms in total. The molecule has 0 N–H and O–H groups in total. The zero-order valence-electron chi connectivity index (χ0n) is 13.6. The van der Waals surface area contributed by atoms with Gasteiger partial charge in [0.15, 0.2) is 5.17 Å². The van der Waals surface area contributed by atoms with Gasteiger partial charge in [-0.15, -0.1) is 0 Å². The number of amidine groups is 1. The molecule has 0 aliphatic carbocycles. The van der Waals surface area contributed by atoms with Gasteiger partial charge in [-0.3, -0.25) is 9.69 Å². The first kappa shape index (κ1) is 17.0. The van der Waals surface area contributed by atoms with Crippen LogP contribution in [0.5, 0.6) is 0 Å². The fourth-order valence-electron chi connectivity index (χ4n) is 2.74. The van der Waals surface area contributed by atoms with Crippen LogP contribution in [0.2, 0.25) is 5.02 Å². The van der Waals surface area contributed by atoms with Gasteiger partial charge in [0.2, 0.25) is 5.91 Å². The molecule has 1 atom stereocenters. The van der Waals surface area contributed by atoms with Gasteiger partial charge in [0, 0.05) is 5.02 Å². The van der Waals surface area contributed by atoms with E-state index >= 15 is 0 Å². The van der Waals surface area contributed by atoms with Crippen molar-refractivity contribution in [2.24, 2.45) is 4.99 Å². The Labute approximate surface area is 149 Å². The van der Waals surface area contributed by atoms with Crippen LogP contribution in [0.25, 0.3) is 0 Å². The number of thioether (sulfide) groups is 1. The summed E-state index contributed by atoms with van der Waals surface area (Å²) in [7, 11) is 0. The van der Waals surface area contributed by atoms with Gasteiger partial charge in [-0.1, -0.05) is 35.5 Å². The Morgan fingerprint density at radius 3 is 2.67 bits per heavy atom. The maximum atomic E-state index is 12.6. The number of amides is 1. The second-order valence-corrected chi connectivity index (χ2v) is 7.23. The molecule has 1 amide bonds. The highest BCUT2D eigenvalue weighted by molar-refractivity contribution is 8.15. The fraction of sp³-hybridized carbons (Fsp3) is 0.353. The summed E-state index contributed by atoms with van der Waals surface area (Å²) < 4.78 is 5.38. The molecule has 1 saturated heterocycles. The van der Waals surface area contributed by atoms with Gasteiger partial charge in [-0.05, 0) is 38.5 Å². The summed E-state index contributed by atoms with van der Waals surface area (Å²) in [5, 5.41) is 1.22.